The zero-order valence-corrected chi connectivity index (χ0v) is 11.8. The molecule has 0 unspecified atom stereocenters. The molecule has 0 radical (unpaired) electrons. The maximum Gasteiger partial charge on any atom is 0.309 e. The minimum Gasteiger partial charge on any atom is -0.497 e. The van der Waals surface area contributed by atoms with Crippen molar-refractivity contribution in [3.05, 3.63) is 29.8 Å². The molecule has 2 heterocycles. The van der Waals surface area contributed by atoms with E-state index in [9.17, 15) is 4.79 Å². The molecule has 0 bridgehead atoms. The highest BCUT2D eigenvalue weighted by molar-refractivity contribution is 9.10. The van der Waals surface area contributed by atoms with E-state index >= 15 is 0 Å². The van der Waals surface area contributed by atoms with Crippen LogP contribution in [0.3, 0.4) is 0 Å². The average Bonchev–Trinajstić information content (AvgIpc) is 2.96. The van der Waals surface area contributed by atoms with Crippen molar-refractivity contribution in [1.29, 1.82) is 0 Å². The van der Waals surface area contributed by atoms with Gasteiger partial charge in [0, 0.05) is 12.0 Å². The van der Waals surface area contributed by atoms with Gasteiger partial charge in [-0.1, -0.05) is 21.1 Å². The number of hydrogen-bond acceptors (Lipinski definition) is 5. The zero-order valence-electron chi connectivity index (χ0n) is 10.3. The van der Waals surface area contributed by atoms with Gasteiger partial charge in [0.1, 0.15) is 16.3 Å². The van der Waals surface area contributed by atoms with Crippen LogP contribution in [0.15, 0.2) is 29.4 Å². The molecule has 2 aliphatic heterocycles. The average molecular weight is 326 g/mol. The van der Waals surface area contributed by atoms with Crippen molar-refractivity contribution in [3.8, 4) is 5.75 Å². The number of esters is 1. The van der Waals surface area contributed by atoms with Crippen LogP contribution in [0.5, 0.6) is 5.75 Å². The zero-order chi connectivity index (χ0) is 13.5. The van der Waals surface area contributed by atoms with Crippen molar-refractivity contribution in [2.45, 2.75) is 23.5 Å². The number of halogens is 1. The molecule has 0 N–H and O–H groups in total. The number of nitrogens with zero attached hydrogens (tertiary/aromatic N) is 1. The van der Waals surface area contributed by atoms with Crippen LogP contribution in [0.4, 0.5) is 0 Å². The predicted molar refractivity (Wildman–Crippen MR) is 71.4 cm³/mol. The third-order valence-corrected chi connectivity index (χ3v) is 4.41. The molecule has 6 heteroatoms. The molecule has 2 aliphatic rings. The van der Waals surface area contributed by atoms with Crippen molar-refractivity contribution < 1.29 is 19.1 Å². The molecule has 1 spiro atoms. The van der Waals surface area contributed by atoms with Gasteiger partial charge in [0.25, 0.3) is 5.79 Å². The number of hydrogen-bond donors (Lipinski definition) is 0. The summed E-state index contributed by atoms with van der Waals surface area (Å²) in [5, 5.41) is 4.06. The second-order valence-electron chi connectivity index (χ2n) is 4.44. The summed E-state index contributed by atoms with van der Waals surface area (Å²) in [4.78, 5) is 16.4. The number of rotatable bonds is 2. The highest BCUT2D eigenvalue weighted by Gasteiger charge is 2.55. The van der Waals surface area contributed by atoms with Gasteiger partial charge in [-0.25, -0.2) is 0 Å². The summed E-state index contributed by atoms with van der Waals surface area (Å²) in [5.41, 5.74) is 1.62. The molecule has 1 fully saturated rings. The Balaban J connectivity index is 1.84. The van der Waals surface area contributed by atoms with Crippen LogP contribution >= 0.6 is 15.9 Å². The van der Waals surface area contributed by atoms with Crippen molar-refractivity contribution in [3.63, 3.8) is 0 Å². The van der Waals surface area contributed by atoms with Gasteiger partial charge < -0.3 is 14.3 Å². The van der Waals surface area contributed by atoms with E-state index in [2.05, 4.69) is 21.1 Å². The highest BCUT2D eigenvalue weighted by atomic mass is 79.9. The van der Waals surface area contributed by atoms with Crippen LogP contribution in [0.1, 0.15) is 18.4 Å². The molecule has 3 rings (SSSR count). The molecule has 1 aromatic rings. The second-order valence-corrected chi connectivity index (χ2v) is 5.36. The molecule has 0 aliphatic carbocycles. The molecular formula is C13H12BrNO4. The number of carbonyl (C=O) groups excluding carboxylic acids is 1. The fraction of sp³-hybridized carbons (Fsp3) is 0.385. The fourth-order valence-electron chi connectivity index (χ4n) is 2.20. The van der Waals surface area contributed by atoms with E-state index in [0.717, 1.165) is 17.0 Å². The van der Waals surface area contributed by atoms with Gasteiger partial charge in [0.2, 0.25) is 0 Å². The van der Waals surface area contributed by atoms with Crippen LogP contribution in [0.2, 0.25) is 0 Å². The third-order valence-electron chi connectivity index (χ3n) is 3.27. The lowest BCUT2D eigenvalue weighted by atomic mass is 10.0. The van der Waals surface area contributed by atoms with Gasteiger partial charge in [-0.15, -0.1) is 0 Å². The summed E-state index contributed by atoms with van der Waals surface area (Å²) in [6.45, 7) is 0. The van der Waals surface area contributed by atoms with E-state index in [-0.39, 0.29) is 10.8 Å². The van der Waals surface area contributed by atoms with Crippen molar-refractivity contribution in [2.24, 2.45) is 5.16 Å². The Hall–Kier alpha value is -1.56. The molecule has 0 amide bonds. The lowest BCUT2D eigenvalue weighted by Gasteiger charge is -2.23. The van der Waals surface area contributed by atoms with Gasteiger partial charge in [0.05, 0.1) is 13.5 Å². The smallest absolute Gasteiger partial charge is 0.309 e. The summed E-state index contributed by atoms with van der Waals surface area (Å²) < 4.78 is 10.4. The number of oxime groups is 1. The van der Waals surface area contributed by atoms with E-state index < -0.39 is 5.79 Å². The van der Waals surface area contributed by atoms with Gasteiger partial charge in [-0.2, -0.15) is 0 Å². The summed E-state index contributed by atoms with van der Waals surface area (Å²) in [7, 11) is 1.62. The highest BCUT2D eigenvalue weighted by Crippen LogP contribution is 2.41. The molecule has 100 valence electrons. The first-order chi connectivity index (χ1) is 9.14. The van der Waals surface area contributed by atoms with E-state index in [0.29, 0.717) is 12.8 Å². The van der Waals surface area contributed by atoms with Gasteiger partial charge in [-0.05, 0) is 24.3 Å². The van der Waals surface area contributed by atoms with Crippen LogP contribution in [-0.4, -0.2) is 29.4 Å². The minimum absolute atomic E-state index is 0.254. The number of benzene rings is 1. The first-order valence-electron chi connectivity index (χ1n) is 5.91. The van der Waals surface area contributed by atoms with Gasteiger partial charge >= 0.3 is 5.97 Å². The van der Waals surface area contributed by atoms with E-state index in [1.54, 1.807) is 7.11 Å². The molecule has 1 saturated heterocycles. The van der Waals surface area contributed by atoms with Gasteiger partial charge in [-0.3, -0.25) is 4.79 Å². The molecule has 0 aromatic heterocycles. The van der Waals surface area contributed by atoms with Crippen molar-refractivity contribution in [2.75, 3.05) is 7.11 Å². The largest absolute Gasteiger partial charge is 0.497 e. The third kappa shape index (κ3) is 2.00. The van der Waals surface area contributed by atoms with Crippen molar-refractivity contribution >= 4 is 27.6 Å². The lowest BCUT2D eigenvalue weighted by Crippen LogP contribution is -2.39. The quantitative estimate of drug-likeness (QED) is 0.618. The SMILES string of the molecule is COc1ccc(C2=NO[C@@]3(CCC(=O)O3)[C@H]2Br)cc1. The van der Waals surface area contributed by atoms with Crippen LogP contribution < -0.4 is 4.74 Å². The molecule has 5 nitrogen and oxygen atoms in total. The molecular weight excluding hydrogens is 314 g/mol. The Morgan fingerprint density at radius 2 is 2.16 bits per heavy atom. The summed E-state index contributed by atoms with van der Waals surface area (Å²) in [5.74, 6) is -0.459. The van der Waals surface area contributed by atoms with Crippen LogP contribution in [-0.2, 0) is 14.4 Å². The molecule has 2 atom stereocenters. The minimum atomic E-state index is -0.980. The second kappa shape index (κ2) is 4.52. The maximum atomic E-state index is 11.3. The Bertz CT molecular complexity index is 542. The van der Waals surface area contributed by atoms with E-state index in [4.69, 9.17) is 14.3 Å². The molecule has 0 saturated carbocycles. The van der Waals surface area contributed by atoms with Crippen molar-refractivity contribution in [1.82, 2.24) is 0 Å². The summed E-state index contributed by atoms with van der Waals surface area (Å²) >= 11 is 3.52. The number of alkyl halides is 1. The Morgan fingerprint density at radius 3 is 2.74 bits per heavy atom. The fourth-order valence-corrected chi connectivity index (χ4v) is 2.96. The first-order valence-corrected chi connectivity index (χ1v) is 6.82. The number of carbonyl (C=O) groups is 1. The first kappa shape index (κ1) is 12.5. The number of methoxy groups -OCH3 is 1. The van der Waals surface area contributed by atoms with E-state index in [1.165, 1.54) is 0 Å². The Labute approximate surface area is 118 Å². The van der Waals surface area contributed by atoms with E-state index in [1.807, 2.05) is 24.3 Å². The normalized spacial score (nSPS) is 29.1. The monoisotopic (exact) mass is 325 g/mol. The molecule has 19 heavy (non-hydrogen) atoms. The Morgan fingerprint density at radius 1 is 1.42 bits per heavy atom. The topological polar surface area (TPSA) is 57.1 Å². The Kier molecular flexibility index (Phi) is 2.97. The maximum absolute atomic E-state index is 11.3. The lowest BCUT2D eigenvalue weighted by molar-refractivity contribution is -0.197. The van der Waals surface area contributed by atoms with Gasteiger partial charge in [0.15, 0.2) is 0 Å². The molecule has 1 aromatic carbocycles. The standard InChI is InChI=1S/C13H12BrNO4/c1-17-9-4-2-8(3-5-9)11-12(14)13(19-15-11)7-6-10(16)18-13/h2-5,12H,6-7H2,1H3/t12-,13-/m0/s1. The van der Waals surface area contributed by atoms with Crippen LogP contribution in [0, 0.1) is 0 Å². The van der Waals surface area contributed by atoms with Crippen LogP contribution in [0.25, 0.3) is 0 Å². The summed E-state index contributed by atoms with van der Waals surface area (Å²) in [6, 6.07) is 7.49. The predicted octanol–water partition coefficient (Wildman–Crippen LogP) is 2.23. The number of ether oxygens (including phenoxy) is 2. The summed E-state index contributed by atoms with van der Waals surface area (Å²) in [6.07, 6.45) is 0.860.